The lowest BCUT2D eigenvalue weighted by atomic mass is 10.2. The van der Waals surface area contributed by atoms with Gasteiger partial charge in [-0.1, -0.05) is 0 Å². The summed E-state index contributed by atoms with van der Waals surface area (Å²) < 4.78 is 26.7. The molecule has 2 aromatic rings. The summed E-state index contributed by atoms with van der Waals surface area (Å²) in [5.74, 6) is -2.26. The Labute approximate surface area is 125 Å². The molecule has 0 saturated heterocycles. The second kappa shape index (κ2) is 5.96. The van der Waals surface area contributed by atoms with E-state index < -0.39 is 28.2 Å². The number of hydrogen-bond donors (Lipinski definition) is 1. The quantitative estimate of drug-likeness (QED) is 0.669. The Morgan fingerprint density at radius 2 is 1.86 bits per heavy atom. The number of hydrogen-bond acceptors (Lipinski definition) is 3. The van der Waals surface area contributed by atoms with Crippen molar-refractivity contribution in [2.75, 3.05) is 5.32 Å². The van der Waals surface area contributed by atoms with Gasteiger partial charge in [0.05, 0.1) is 9.40 Å². The van der Waals surface area contributed by atoms with Crippen molar-refractivity contribution in [3.05, 3.63) is 68.2 Å². The standard InChI is InChI=1S/C13H7BrF2N2O3/c14-9-6-8(2-3-10(9)15)17-13(19)7-1-4-12(18(20)21)11(16)5-7/h1-6H,(H,17,19). The molecule has 2 rings (SSSR count). The number of carbonyl (C=O) groups is 1. The van der Waals surface area contributed by atoms with E-state index in [-0.39, 0.29) is 10.0 Å². The van der Waals surface area contributed by atoms with Crippen molar-refractivity contribution in [3.8, 4) is 0 Å². The molecule has 0 radical (unpaired) electrons. The van der Waals surface area contributed by atoms with Crippen LogP contribution < -0.4 is 5.32 Å². The fraction of sp³-hybridized carbons (Fsp3) is 0. The first-order valence-electron chi connectivity index (χ1n) is 5.59. The molecule has 0 atom stereocenters. The Kier molecular flexibility index (Phi) is 4.27. The van der Waals surface area contributed by atoms with Gasteiger partial charge in [0.1, 0.15) is 5.82 Å². The van der Waals surface area contributed by atoms with Gasteiger partial charge in [-0.15, -0.1) is 0 Å². The summed E-state index contributed by atoms with van der Waals surface area (Å²) in [5.41, 5.74) is -0.498. The van der Waals surface area contributed by atoms with Gasteiger partial charge in [0.15, 0.2) is 0 Å². The minimum absolute atomic E-state index is 0.0847. The van der Waals surface area contributed by atoms with Crippen molar-refractivity contribution in [1.29, 1.82) is 0 Å². The molecule has 108 valence electrons. The molecule has 0 spiro atoms. The Balaban J connectivity index is 2.22. The zero-order chi connectivity index (χ0) is 15.6. The predicted molar refractivity (Wildman–Crippen MR) is 75.1 cm³/mol. The lowest BCUT2D eigenvalue weighted by Gasteiger charge is -2.06. The number of nitrogens with zero attached hydrogens (tertiary/aromatic N) is 1. The van der Waals surface area contributed by atoms with E-state index in [9.17, 15) is 23.7 Å². The van der Waals surface area contributed by atoms with Crippen molar-refractivity contribution < 1.29 is 18.5 Å². The number of rotatable bonds is 3. The summed E-state index contributed by atoms with van der Waals surface area (Å²) in [5, 5.41) is 12.9. The largest absolute Gasteiger partial charge is 0.322 e. The maximum absolute atomic E-state index is 13.4. The van der Waals surface area contributed by atoms with Crippen LogP contribution in [0.3, 0.4) is 0 Å². The summed E-state index contributed by atoms with van der Waals surface area (Å²) in [6.07, 6.45) is 0. The number of nitro benzene ring substituents is 1. The lowest BCUT2D eigenvalue weighted by molar-refractivity contribution is -0.387. The predicted octanol–water partition coefficient (Wildman–Crippen LogP) is 3.89. The Morgan fingerprint density at radius 3 is 2.43 bits per heavy atom. The van der Waals surface area contributed by atoms with Gasteiger partial charge in [0.2, 0.25) is 5.82 Å². The molecule has 1 amide bonds. The highest BCUT2D eigenvalue weighted by atomic mass is 79.9. The molecule has 0 aliphatic rings. The van der Waals surface area contributed by atoms with Gasteiger partial charge in [-0.3, -0.25) is 14.9 Å². The van der Waals surface area contributed by atoms with Crippen LogP contribution in [0.25, 0.3) is 0 Å². The molecule has 0 heterocycles. The minimum Gasteiger partial charge on any atom is -0.322 e. The number of amides is 1. The van der Waals surface area contributed by atoms with E-state index in [2.05, 4.69) is 21.2 Å². The molecule has 0 fully saturated rings. The van der Waals surface area contributed by atoms with Gasteiger partial charge in [-0.05, 0) is 46.3 Å². The van der Waals surface area contributed by atoms with Crippen LogP contribution in [0.5, 0.6) is 0 Å². The monoisotopic (exact) mass is 356 g/mol. The summed E-state index contributed by atoms with van der Waals surface area (Å²) in [6.45, 7) is 0. The fourth-order valence-electron chi connectivity index (χ4n) is 1.57. The van der Waals surface area contributed by atoms with Crippen molar-refractivity contribution >= 4 is 33.2 Å². The van der Waals surface area contributed by atoms with E-state index >= 15 is 0 Å². The molecule has 0 unspecified atom stereocenters. The summed E-state index contributed by atoms with van der Waals surface area (Å²) in [6, 6.07) is 6.64. The molecule has 0 aliphatic heterocycles. The number of anilines is 1. The third-order valence-corrected chi connectivity index (χ3v) is 3.19. The first-order valence-corrected chi connectivity index (χ1v) is 6.38. The van der Waals surface area contributed by atoms with E-state index in [1.807, 2.05) is 0 Å². The van der Waals surface area contributed by atoms with E-state index in [4.69, 9.17) is 0 Å². The van der Waals surface area contributed by atoms with E-state index in [1.165, 1.54) is 12.1 Å². The SMILES string of the molecule is O=C(Nc1ccc(F)c(Br)c1)c1ccc([N+](=O)[O-])c(F)c1. The van der Waals surface area contributed by atoms with E-state index in [0.717, 1.165) is 24.3 Å². The van der Waals surface area contributed by atoms with Crippen molar-refractivity contribution in [1.82, 2.24) is 0 Å². The summed E-state index contributed by atoms with van der Waals surface area (Å²) >= 11 is 2.97. The maximum atomic E-state index is 13.4. The highest BCUT2D eigenvalue weighted by Crippen LogP contribution is 2.22. The molecule has 0 aliphatic carbocycles. The third-order valence-electron chi connectivity index (χ3n) is 2.58. The number of nitro groups is 1. The number of benzene rings is 2. The average molecular weight is 357 g/mol. The summed E-state index contributed by atoms with van der Waals surface area (Å²) in [4.78, 5) is 21.5. The van der Waals surface area contributed by atoms with Crippen LogP contribution in [0.15, 0.2) is 40.9 Å². The number of carbonyl (C=O) groups excluding carboxylic acids is 1. The molecular formula is C13H7BrF2N2O3. The molecule has 5 nitrogen and oxygen atoms in total. The average Bonchev–Trinajstić information content (AvgIpc) is 2.42. The number of halogens is 3. The van der Waals surface area contributed by atoms with E-state index in [0.29, 0.717) is 5.69 Å². The highest BCUT2D eigenvalue weighted by molar-refractivity contribution is 9.10. The lowest BCUT2D eigenvalue weighted by Crippen LogP contribution is -2.12. The van der Waals surface area contributed by atoms with Gasteiger partial charge in [0, 0.05) is 17.3 Å². The summed E-state index contributed by atoms with van der Waals surface area (Å²) in [7, 11) is 0. The Morgan fingerprint density at radius 1 is 1.14 bits per heavy atom. The van der Waals surface area contributed by atoms with Crippen molar-refractivity contribution in [3.63, 3.8) is 0 Å². The van der Waals surface area contributed by atoms with Crippen LogP contribution in [0, 0.1) is 21.7 Å². The smallest absolute Gasteiger partial charge is 0.304 e. The van der Waals surface area contributed by atoms with Gasteiger partial charge in [-0.2, -0.15) is 4.39 Å². The van der Waals surface area contributed by atoms with Gasteiger partial charge < -0.3 is 5.32 Å². The van der Waals surface area contributed by atoms with Crippen molar-refractivity contribution in [2.45, 2.75) is 0 Å². The Bertz CT molecular complexity index is 737. The normalized spacial score (nSPS) is 10.2. The molecule has 21 heavy (non-hydrogen) atoms. The molecule has 1 N–H and O–H groups in total. The van der Waals surface area contributed by atoms with Crippen LogP contribution in [0.2, 0.25) is 0 Å². The van der Waals surface area contributed by atoms with Gasteiger partial charge in [0.25, 0.3) is 5.91 Å². The van der Waals surface area contributed by atoms with Gasteiger partial charge >= 0.3 is 5.69 Å². The second-order valence-corrected chi connectivity index (χ2v) is 4.86. The molecule has 0 aromatic heterocycles. The second-order valence-electron chi connectivity index (χ2n) is 4.01. The fourth-order valence-corrected chi connectivity index (χ4v) is 1.95. The van der Waals surface area contributed by atoms with Crippen LogP contribution in [-0.2, 0) is 0 Å². The zero-order valence-corrected chi connectivity index (χ0v) is 11.9. The first kappa shape index (κ1) is 15.0. The van der Waals surface area contributed by atoms with Crippen molar-refractivity contribution in [2.24, 2.45) is 0 Å². The number of nitrogens with one attached hydrogen (secondary N) is 1. The Hall–Kier alpha value is -2.35. The maximum Gasteiger partial charge on any atom is 0.304 e. The van der Waals surface area contributed by atoms with E-state index in [1.54, 1.807) is 0 Å². The van der Waals surface area contributed by atoms with Crippen LogP contribution in [0.1, 0.15) is 10.4 Å². The minimum atomic E-state index is -1.10. The van der Waals surface area contributed by atoms with Crippen LogP contribution >= 0.6 is 15.9 Å². The molecule has 0 bridgehead atoms. The van der Waals surface area contributed by atoms with Gasteiger partial charge in [-0.25, -0.2) is 4.39 Å². The molecule has 8 heteroatoms. The first-order chi connectivity index (χ1) is 9.88. The third kappa shape index (κ3) is 3.40. The topological polar surface area (TPSA) is 72.2 Å². The zero-order valence-electron chi connectivity index (χ0n) is 10.3. The van der Waals surface area contributed by atoms with Crippen LogP contribution in [0.4, 0.5) is 20.2 Å². The van der Waals surface area contributed by atoms with Crippen LogP contribution in [-0.4, -0.2) is 10.8 Å². The molecule has 0 saturated carbocycles. The highest BCUT2D eigenvalue weighted by Gasteiger charge is 2.17. The molecule has 2 aromatic carbocycles. The molecular weight excluding hydrogens is 350 g/mol.